The average molecular weight is 470 g/mol. The Labute approximate surface area is 206 Å². The molecule has 2 saturated heterocycles. The van der Waals surface area contributed by atoms with Gasteiger partial charge in [0.15, 0.2) is 11.5 Å². The van der Waals surface area contributed by atoms with E-state index >= 15 is 0 Å². The van der Waals surface area contributed by atoms with Gasteiger partial charge in [-0.1, -0.05) is 42.5 Å². The summed E-state index contributed by atoms with van der Waals surface area (Å²) in [5.41, 5.74) is 4.07. The van der Waals surface area contributed by atoms with Crippen molar-refractivity contribution < 1.29 is 14.6 Å². The van der Waals surface area contributed by atoms with Crippen LogP contribution in [0.4, 0.5) is 11.4 Å². The minimum atomic E-state index is -0.428. The van der Waals surface area contributed by atoms with Crippen LogP contribution in [0.25, 0.3) is 0 Å². The summed E-state index contributed by atoms with van der Waals surface area (Å²) in [6.07, 6.45) is 2.33. The molecule has 6 rings (SSSR count). The monoisotopic (exact) mass is 469 g/mol. The fraction of sp³-hybridized carbons (Fsp3) is 0.345. The molecule has 0 aromatic heterocycles. The lowest BCUT2D eigenvalue weighted by Crippen LogP contribution is -2.43. The summed E-state index contributed by atoms with van der Waals surface area (Å²) in [7, 11) is 0. The van der Waals surface area contributed by atoms with Crippen LogP contribution in [0.1, 0.15) is 35.2 Å². The number of hydrogen-bond donors (Lipinski definition) is 1. The van der Waals surface area contributed by atoms with Crippen LogP contribution in [-0.2, 0) is 6.54 Å². The van der Waals surface area contributed by atoms with E-state index in [1.54, 1.807) is 4.90 Å². The van der Waals surface area contributed by atoms with E-state index in [1.807, 2.05) is 30.3 Å². The van der Waals surface area contributed by atoms with Crippen LogP contribution in [0.3, 0.4) is 0 Å². The number of benzene rings is 3. The van der Waals surface area contributed by atoms with Crippen LogP contribution in [0.5, 0.6) is 11.5 Å². The highest BCUT2D eigenvalue weighted by Crippen LogP contribution is 2.49. The highest BCUT2D eigenvalue weighted by atomic mass is 16.5. The number of piperidine rings is 1. The first-order valence-corrected chi connectivity index (χ1v) is 12.6. The third-order valence-electron chi connectivity index (χ3n) is 7.43. The van der Waals surface area contributed by atoms with Crippen LogP contribution in [0, 0.1) is 0 Å². The third kappa shape index (κ3) is 4.40. The Balaban J connectivity index is 1.24. The Hall–Kier alpha value is -3.35. The fourth-order valence-corrected chi connectivity index (χ4v) is 5.60. The van der Waals surface area contributed by atoms with Crippen molar-refractivity contribution in [2.24, 2.45) is 0 Å². The Morgan fingerprint density at radius 3 is 2.37 bits per heavy atom. The van der Waals surface area contributed by atoms with E-state index in [0.29, 0.717) is 31.1 Å². The van der Waals surface area contributed by atoms with Crippen LogP contribution in [0.2, 0.25) is 0 Å². The molecule has 1 amide bonds. The molecule has 1 N–H and O–H groups in total. The van der Waals surface area contributed by atoms with Crippen molar-refractivity contribution in [3.63, 3.8) is 0 Å². The van der Waals surface area contributed by atoms with Gasteiger partial charge in [-0.2, -0.15) is 0 Å². The van der Waals surface area contributed by atoms with E-state index in [2.05, 4.69) is 52.3 Å². The summed E-state index contributed by atoms with van der Waals surface area (Å²) in [4.78, 5) is 19.7. The number of aliphatic hydroxyl groups excluding tert-OH is 1. The summed E-state index contributed by atoms with van der Waals surface area (Å²) in [6.45, 7) is 4.06. The maximum atomic E-state index is 13.0. The number of ether oxygens (including phenoxy) is 1. The van der Waals surface area contributed by atoms with Crippen molar-refractivity contribution in [3.8, 4) is 11.5 Å². The summed E-state index contributed by atoms with van der Waals surface area (Å²) in [5.74, 6) is 1.50. The third-order valence-corrected chi connectivity index (χ3v) is 7.43. The number of carbonyl (C=O) groups excluding carboxylic acids is 1. The predicted octanol–water partition coefficient (Wildman–Crippen LogP) is 4.80. The quantitative estimate of drug-likeness (QED) is 0.595. The van der Waals surface area contributed by atoms with Gasteiger partial charge in [0.05, 0.1) is 17.5 Å². The number of para-hydroxylation sites is 2. The molecule has 1 atom stereocenters. The molecule has 6 nitrogen and oxygen atoms in total. The summed E-state index contributed by atoms with van der Waals surface area (Å²) >= 11 is 0. The van der Waals surface area contributed by atoms with Crippen LogP contribution in [-0.4, -0.2) is 59.1 Å². The van der Waals surface area contributed by atoms with Crippen LogP contribution < -0.4 is 9.64 Å². The second-order valence-electron chi connectivity index (χ2n) is 9.81. The molecule has 0 aliphatic carbocycles. The molecule has 0 bridgehead atoms. The molecule has 0 radical (unpaired) electrons. The van der Waals surface area contributed by atoms with Gasteiger partial charge in [0.25, 0.3) is 5.91 Å². The number of fused-ring (bicyclic) bond motifs is 2. The number of β-amino-alcohol motifs (C(OH)–C–C–N with tert-alkyl or cyclic N) is 1. The van der Waals surface area contributed by atoms with E-state index in [9.17, 15) is 9.90 Å². The molecule has 1 unspecified atom stereocenters. The first-order chi connectivity index (χ1) is 17.2. The zero-order valence-corrected chi connectivity index (χ0v) is 19.8. The smallest absolute Gasteiger partial charge is 0.254 e. The Bertz CT molecular complexity index is 1210. The second kappa shape index (κ2) is 9.36. The molecular weight excluding hydrogens is 438 g/mol. The first kappa shape index (κ1) is 22.1. The van der Waals surface area contributed by atoms with E-state index < -0.39 is 6.10 Å². The SMILES string of the molecule is O=C(c1ccc2c(c1)Oc1ccccc1N2C1CCN(Cc2ccccc2)CC1)N1CCC(O)C1. The summed E-state index contributed by atoms with van der Waals surface area (Å²) in [6, 6.07) is 25.0. The van der Waals surface area contributed by atoms with E-state index in [1.165, 1.54) is 5.56 Å². The lowest BCUT2D eigenvalue weighted by atomic mass is 9.99. The summed E-state index contributed by atoms with van der Waals surface area (Å²) < 4.78 is 6.30. The molecule has 3 aromatic carbocycles. The van der Waals surface area contributed by atoms with Gasteiger partial charge in [-0.3, -0.25) is 9.69 Å². The Morgan fingerprint density at radius 2 is 1.60 bits per heavy atom. The lowest BCUT2D eigenvalue weighted by Gasteiger charge is -2.42. The maximum Gasteiger partial charge on any atom is 0.254 e. The minimum Gasteiger partial charge on any atom is -0.453 e. The molecule has 0 spiro atoms. The molecule has 3 aliphatic rings. The van der Waals surface area contributed by atoms with Crippen molar-refractivity contribution in [2.45, 2.75) is 38.0 Å². The van der Waals surface area contributed by atoms with Crippen molar-refractivity contribution in [2.75, 3.05) is 31.1 Å². The molecular formula is C29H31N3O3. The van der Waals surface area contributed by atoms with E-state index in [0.717, 1.165) is 55.3 Å². The number of carbonyl (C=O) groups is 1. The standard InChI is InChI=1S/C29H31N3O3/c33-24-14-17-31(20-24)29(34)22-10-11-26-28(18-22)35-27-9-5-4-8-25(27)32(26)23-12-15-30(16-13-23)19-21-6-2-1-3-7-21/h1-11,18,23-24,33H,12-17,19-20H2. The molecule has 0 saturated carbocycles. The van der Waals surface area contributed by atoms with E-state index in [4.69, 9.17) is 4.74 Å². The molecule has 180 valence electrons. The average Bonchev–Trinajstić information content (AvgIpc) is 3.34. The molecule has 3 aliphatic heterocycles. The lowest BCUT2D eigenvalue weighted by molar-refractivity contribution is 0.0764. The zero-order chi connectivity index (χ0) is 23.8. The van der Waals surface area contributed by atoms with Gasteiger partial charge < -0.3 is 19.6 Å². The highest BCUT2D eigenvalue weighted by Gasteiger charge is 2.33. The fourth-order valence-electron chi connectivity index (χ4n) is 5.60. The van der Waals surface area contributed by atoms with Gasteiger partial charge >= 0.3 is 0 Å². The molecule has 3 heterocycles. The van der Waals surface area contributed by atoms with Gasteiger partial charge in [-0.05, 0) is 55.2 Å². The second-order valence-corrected chi connectivity index (χ2v) is 9.81. The number of rotatable bonds is 4. The van der Waals surface area contributed by atoms with Crippen LogP contribution in [0.15, 0.2) is 72.8 Å². The minimum absolute atomic E-state index is 0.0485. The van der Waals surface area contributed by atoms with Gasteiger partial charge in [0, 0.05) is 44.3 Å². The number of anilines is 2. The zero-order valence-electron chi connectivity index (χ0n) is 19.8. The van der Waals surface area contributed by atoms with Crippen molar-refractivity contribution in [1.29, 1.82) is 0 Å². The van der Waals surface area contributed by atoms with Gasteiger partial charge in [-0.25, -0.2) is 0 Å². The Kier molecular flexibility index (Phi) is 5.92. The van der Waals surface area contributed by atoms with Gasteiger partial charge in [-0.15, -0.1) is 0 Å². The molecule has 2 fully saturated rings. The normalized spacial score (nSPS) is 20.3. The maximum absolute atomic E-state index is 13.0. The highest BCUT2D eigenvalue weighted by molar-refractivity contribution is 5.96. The summed E-state index contributed by atoms with van der Waals surface area (Å²) in [5, 5.41) is 9.85. The van der Waals surface area contributed by atoms with E-state index in [-0.39, 0.29) is 5.91 Å². The number of likely N-dealkylation sites (tertiary alicyclic amines) is 2. The number of amides is 1. The van der Waals surface area contributed by atoms with Crippen LogP contribution >= 0.6 is 0 Å². The van der Waals surface area contributed by atoms with Gasteiger partial charge in [0.2, 0.25) is 0 Å². The number of aliphatic hydroxyl groups is 1. The number of nitrogens with zero attached hydrogens (tertiary/aromatic N) is 3. The van der Waals surface area contributed by atoms with Crippen molar-refractivity contribution in [3.05, 3.63) is 83.9 Å². The topological polar surface area (TPSA) is 56.2 Å². The Morgan fingerprint density at radius 1 is 0.857 bits per heavy atom. The van der Waals surface area contributed by atoms with Gasteiger partial charge in [0.1, 0.15) is 0 Å². The predicted molar refractivity (Wildman–Crippen MR) is 136 cm³/mol. The number of hydrogen-bond acceptors (Lipinski definition) is 5. The molecule has 6 heteroatoms. The largest absolute Gasteiger partial charge is 0.453 e. The molecule has 35 heavy (non-hydrogen) atoms. The first-order valence-electron chi connectivity index (χ1n) is 12.6. The van der Waals surface area contributed by atoms with Crippen molar-refractivity contribution >= 4 is 17.3 Å². The molecule has 3 aromatic rings. The van der Waals surface area contributed by atoms with Crippen molar-refractivity contribution in [1.82, 2.24) is 9.80 Å².